The first-order valence-corrected chi connectivity index (χ1v) is 8.86. The number of nitrogens with zero attached hydrogens (tertiary/aromatic N) is 2. The maximum absolute atomic E-state index is 11.4. The molecule has 0 atom stereocenters. The Labute approximate surface area is 147 Å². The van der Waals surface area contributed by atoms with Gasteiger partial charge < -0.3 is 20.1 Å². The van der Waals surface area contributed by atoms with Crippen molar-refractivity contribution in [3.63, 3.8) is 0 Å². The molecule has 25 heavy (non-hydrogen) atoms. The normalized spacial score (nSPS) is 15.4. The minimum absolute atomic E-state index is 0.0205. The summed E-state index contributed by atoms with van der Waals surface area (Å²) in [6.07, 6.45) is 3.39. The van der Waals surface area contributed by atoms with Crippen molar-refractivity contribution in [3.8, 4) is 11.5 Å². The molecule has 0 aliphatic carbocycles. The molecule has 134 valence electrons. The van der Waals surface area contributed by atoms with Gasteiger partial charge in [0.15, 0.2) is 11.5 Å². The molecular weight excluding hydrogens is 318 g/mol. The number of carbonyl (C=O) groups excluding carboxylic acids is 1. The molecule has 2 N–H and O–H groups in total. The van der Waals surface area contributed by atoms with Gasteiger partial charge in [-0.15, -0.1) is 0 Å². The van der Waals surface area contributed by atoms with E-state index < -0.39 is 0 Å². The third kappa shape index (κ3) is 3.62. The highest BCUT2D eigenvalue weighted by Crippen LogP contribution is 2.37. The van der Waals surface area contributed by atoms with Crippen molar-refractivity contribution in [2.24, 2.45) is 11.7 Å². The van der Waals surface area contributed by atoms with E-state index in [4.69, 9.17) is 15.2 Å². The lowest BCUT2D eigenvalue weighted by molar-refractivity contribution is -0.122. The molecule has 6 nitrogen and oxygen atoms in total. The molecule has 3 rings (SSSR count). The summed E-state index contributed by atoms with van der Waals surface area (Å²) in [4.78, 5) is 18.2. The van der Waals surface area contributed by atoms with E-state index in [0.717, 1.165) is 48.3 Å². The van der Waals surface area contributed by atoms with Crippen molar-refractivity contribution >= 4 is 22.5 Å². The number of carbonyl (C=O) groups is 1. The van der Waals surface area contributed by atoms with Crippen LogP contribution in [-0.4, -0.2) is 37.2 Å². The minimum Gasteiger partial charge on any atom is -0.490 e. The van der Waals surface area contributed by atoms with Crippen LogP contribution in [0.2, 0.25) is 0 Å². The minimum atomic E-state index is -0.195. The molecule has 0 unspecified atom stereocenters. The van der Waals surface area contributed by atoms with Crippen LogP contribution in [-0.2, 0) is 4.79 Å². The molecule has 0 radical (unpaired) electrons. The number of aromatic nitrogens is 1. The predicted molar refractivity (Wildman–Crippen MR) is 98.2 cm³/mol. The first kappa shape index (κ1) is 17.3. The Hall–Kier alpha value is -2.50. The lowest BCUT2D eigenvalue weighted by Crippen LogP contribution is -2.38. The second-order valence-corrected chi connectivity index (χ2v) is 6.18. The molecule has 1 aromatic carbocycles. The molecule has 1 aliphatic heterocycles. The number of piperidine rings is 1. The van der Waals surface area contributed by atoms with Gasteiger partial charge in [-0.25, -0.2) is 0 Å². The monoisotopic (exact) mass is 343 g/mol. The van der Waals surface area contributed by atoms with Gasteiger partial charge in [-0.3, -0.25) is 9.78 Å². The molecule has 1 amide bonds. The van der Waals surface area contributed by atoms with Gasteiger partial charge in [0.2, 0.25) is 5.91 Å². The van der Waals surface area contributed by atoms with Crippen molar-refractivity contribution in [3.05, 3.63) is 24.4 Å². The summed E-state index contributed by atoms with van der Waals surface area (Å²) in [5.74, 6) is 1.24. The number of amides is 1. The number of hydrogen-bond donors (Lipinski definition) is 1. The van der Waals surface area contributed by atoms with Gasteiger partial charge in [-0.1, -0.05) is 0 Å². The average Bonchev–Trinajstić information content (AvgIpc) is 2.62. The first-order chi connectivity index (χ1) is 12.1. The molecule has 2 heterocycles. The third-order valence-electron chi connectivity index (χ3n) is 4.62. The van der Waals surface area contributed by atoms with E-state index in [1.54, 1.807) is 0 Å². The zero-order valence-electron chi connectivity index (χ0n) is 14.8. The van der Waals surface area contributed by atoms with Crippen molar-refractivity contribution in [1.82, 2.24) is 4.98 Å². The zero-order valence-corrected chi connectivity index (χ0v) is 14.8. The maximum atomic E-state index is 11.4. The van der Waals surface area contributed by atoms with Crippen molar-refractivity contribution in [1.29, 1.82) is 0 Å². The number of pyridine rings is 1. The fourth-order valence-electron chi connectivity index (χ4n) is 3.36. The zero-order chi connectivity index (χ0) is 17.8. The number of fused-ring (bicyclic) bond motifs is 1. The fourth-order valence-corrected chi connectivity index (χ4v) is 3.36. The molecular formula is C19H25N3O3. The van der Waals surface area contributed by atoms with E-state index in [1.807, 2.05) is 38.2 Å². The van der Waals surface area contributed by atoms with Gasteiger partial charge in [-0.05, 0) is 38.8 Å². The van der Waals surface area contributed by atoms with Crippen LogP contribution in [0.5, 0.6) is 11.5 Å². The molecule has 1 saturated heterocycles. The molecule has 0 spiro atoms. The van der Waals surface area contributed by atoms with E-state index in [9.17, 15) is 4.79 Å². The van der Waals surface area contributed by atoms with Crippen LogP contribution in [0.15, 0.2) is 24.4 Å². The van der Waals surface area contributed by atoms with Crippen LogP contribution < -0.4 is 20.1 Å². The summed E-state index contributed by atoms with van der Waals surface area (Å²) < 4.78 is 11.4. The van der Waals surface area contributed by atoms with Crippen molar-refractivity contribution in [2.75, 3.05) is 31.2 Å². The number of primary amides is 1. The van der Waals surface area contributed by atoms with Gasteiger partial charge in [0.05, 0.1) is 18.7 Å². The third-order valence-corrected chi connectivity index (χ3v) is 4.62. The topological polar surface area (TPSA) is 77.7 Å². The lowest BCUT2D eigenvalue weighted by atomic mass is 9.95. The van der Waals surface area contributed by atoms with Crippen LogP contribution >= 0.6 is 0 Å². The number of rotatable bonds is 6. The number of nitrogens with two attached hydrogens (primary N) is 1. The van der Waals surface area contributed by atoms with E-state index in [1.165, 1.54) is 0 Å². The molecule has 1 fully saturated rings. The van der Waals surface area contributed by atoms with Crippen LogP contribution in [0.3, 0.4) is 0 Å². The Morgan fingerprint density at radius 1 is 1.20 bits per heavy atom. The lowest BCUT2D eigenvalue weighted by Gasteiger charge is -2.33. The Balaban J connectivity index is 1.96. The highest BCUT2D eigenvalue weighted by Gasteiger charge is 2.24. The highest BCUT2D eigenvalue weighted by molar-refractivity contribution is 5.94. The Morgan fingerprint density at radius 2 is 1.84 bits per heavy atom. The van der Waals surface area contributed by atoms with Gasteiger partial charge in [-0.2, -0.15) is 0 Å². The van der Waals surface area contributed by atoms with Gasteiger partial charge >= 0.3 is 0 Å². The summed E-state index contributed by atoms with van der Waals surface area (Å²) in [5.41, 5.74) is 7.43. The molecule has 1 aromatic heterocycles. The largest absolute Gasteiger partial charge is 0.490 e. The Morgan fingerprint density at radius 3 is 2.44 bits per heavy atom. The van der Waals surface area contributed by atoms with E-state index in [2.05, 4.69) is 9.88 Å². The molecule has 1 aliphatic rings. The number of anilines is 1. The fraction of sp³-hybridized carbons (Fsp3) is 0.474. The van der Waals surface area contributed by atoms with Crippen LogP contribution in [0.1, 0.15) is 26.7 Å². The SMILES string of the molecule is CCOc1cc2nccc(N3CCC(C(N)=O)CC3)c2cc1OCC. The summed E-state index contributed by atoms with van der Waals surface area (Å²) in [6.45, 7) is 6.68. The highest BCUT2D eigenvalue weighted by atomic mass is 16.5. The number of hydrogen-bond acceptors (Lipinski definition) is 5. The van der Waals surface area contributed by atoms with E-state index in [0.29, 0.717) is 19.0 Å². The van der Waals surface area contributed by atoms with Gasteiger partial charge in [0.1, 0.15) is 0 Å². The van der Waals surface area contributed by atoms with Crippen molar-refractivity contribution in [2.45, 2.75) is 26.7 Å². The van der Waals surface area contributed by atoms with Crippen molar-refractivity contribution < 1.29 is 14.3 Å². The molecule has 0 saturated carbocycles. The number of benzene rings is 1. The van der Waals surface area contributed by atoms with E-state index in [-0.39, 0.29) is 11.8 Å². The Bertz CT molecular complexity index is 755. The average molecular weight is 343 g/mol. The van der Waals surface area contributed by atoms with Crippen LogP contribution in [0.25, 0.3) is 10.9 Å². The van der Waals surface area contributed by atoms with Gasteiger partial charge in [0.25, 0.3) is 0 Å². The predicted octanol–water partition coefficient (Wildman–Crippen LogP) is 2.73. The summed E-state index contributed by atoms with van der Waals surface area (Å²) >= 11 is 0. The standard InChI is InChI=1S/C19H25N3O3/c1-3-24-17-11-14-15(12-18(17)25-4-2)21-8-5-16(14)22-9-6-13(7-10-22)19(20)23/h5,8,11-13H,3-4,6-7,9-10H2,1-2H3,(H2,20,23). The second-order valence-electron chi connectivity index (χ2n) is 6.18. The summed E-state index contributed by atoms with van der Waals surface area (Å²) in [5, 5.41) is 1.03. The summed E-state index contributed by atoms with van der Waals surface area (Å²) in [7, 11) is 0. The second kappa shape index (κ2) is 7.59. The number of ether oxygens (including phenoxy) is 2. The molecule has 6 heteroatoms. The van der Waals surface area contributed by atoms with Crippen LogP contribution in [0, 0.1) is 5.92 Å². The summed E-state index contributed by atoms with van der Waals surface area (Å²) in [6, 6.07) is 5.96. The van der Waals surface area contributed by atoms with E-state index >= 15 is 0 Å². The van der Waals surface area contributed by atoms with Gasteiger partial charge in [0, 0.05) is 42.3 Å². The molecule has 0 bridgehead atoms. The first-order valence-electron chi connectivity index (χ1n) is 8.86. The van der Waals surface area contributed by atoms with Crippen LogP contribution in [0.4, 0.5) is 5.69 Å². The smallest absolute Gasteiger partial charge is 0.220 e. The quantitative estimate of drug-likeness (QED) is 0.872. The molecule has 2 aromatic rings. The Kier molecular flexibility index (Phi) is 5.26. The maximum Gasteiger partial charge on any atom is 0.220 e.